The molecule has 2 fully saturated rings. The molecule has 2 bridgehead atoms. The number of halogens is 2. The predicted octanol–water partition coefficient (Wildman–Crippen LogP) is 2.18. The van der Waals surface area contributed by atoms with Crippen molar-refractivity contribution in [3.05, 3.63) is 28.7 Å². The van der Waals surface area contributed by atoms with Crippen LogP contribution >= 0.6 is 15.9 Å². The Kier molecular flexibility index (Phi) is 2.57. The zero-order valence-electron chi connectivity index (χ0n) is 10.3. The van der Waals surface area contributed by atoms with Gasteiger partial charge in [-0.25, -0.2) is 8.91 Å². The minimum atomic E-state index is -0.237. The largest absolute Gasteiger partial charge is 0.364 e. The first kappa shape index (κ1) is 11.7. The van der Waals surface area contributed by atoms with Crippen molar-refractivity contribution in [3.8, 4) is 0 Å². The van der Waals surface area contributed by atoms with Crippen LogP contribution in [0.25, 0.3) is 5.52 Å². The Hall–Kier alpha value is -1.14. The van der Waals surface area contributed by atoms with Gasteiger partial charge in [-0.3, -0.25) is 0 Å². The molecule has 2 unspecified atom stereocenters. The van der Waals surface area contributed by atoms with Gasteiger partial charge in [-0.15, -0.1) is 0 Å². The number of nitrogens with zero attached hydrogens (tertiary/aromatic N) is 3. The van der Waals surface area contributed by atoms with Crippen molar-refractivity contribution >= 4 is 27.1 Å². The maximum atomic E-state index is 14.2. The maximum Gasteiger partial charge on any atom is 0.168 e. The number of hydrogen-bond donors (Lipinski definition) is 1. The molecule has 2 aliphatic heterocycles. The van der Waals surface area contributed by atoms with E-state index in [1.54, 1.807) is 4.52 Å². The first-order chi connectivity index (χ1) is 9.20. The topological polar surface area (TPSA) is 32.6 Å². The smallest absolute Gasteiger partial charge is 0.168 e. The fraction of sp³-hybridized carbons (Fsp3) is 0.462. The molecular formula is C13H14BrFN4. The SMILES string of the molecule is Fc1cnn2cc(Br)cc2c1N1CC2CCC(C1)N2. The lowest BCUT2D eigenvalue weighted by molar-refractivity contribution is 0.460. The summed E-state index contributed by atoms with van der Waals surface area (Å²) in [6, 6.07) is 2.91. The van der Waals surface area contributed by atoms with E-state index >= 15 is 0 Å². The van der Waals surface area contributed by atoms with Crippen molar-refractivity contribution in [1.29, 1.82) is 0 Å². The molecule has 0 aliphatic carbocycles. The first-order valence-electron chi connectivity index (χ1n) is 6.54. The summed E-state index contributed by atoms with van der Waals surface area (Å²) in [4.78, 5) is 2.16. The number of nitrogens with one attached hydrogen (secondary N) is 1. The Morgan fingerprint density at radius 1 is 1.32 bits per heavy atom. The average molecular weight is 325 g/mol. The van der Waals surface area contributed by atoms with Crippen LogP contribution in [-0.2, 0) is 0 Å². The normalized spacial score (nSPS) is 26.3. The van der Waals surface area contributed by atoms with Crippen LogP contribution in [0, 0.1) is 5.82 Å². The lowest BCUT2D eigenvalue weighted by Gasteiger charge is -2.34. The molecule has 6 heteroatoms. The molecule has 0 saturated carbocycles. The standard InChI is InChI=1S/C13H14BrFN4/c14-8-3-12-13(11(15)4-16-19(12)5-8)18-6-9-1-2-10(7-18)17-9/h3-5,9-10,17H,1-2,6-7H2. The van der Waals surface area contributed by atoms with Crippen molar-refractivity contribution in [2.24, 2.45) is 0 Å². The third-order valence-electron chi connectivity index (χ3n) is 4.06. The van der Waals surface area contributed by atoms with Crippen LogP contribution in [0.15, 0.2) is 22.9 Å². The Balaban J connectivity index is 1.83. The summed E-state index contributed by atoms with van der Waals surface area (Å²) in [5.41, 5.74) is 1.51. The highest BCUT2D eigenvalue weighted by Gasteiger charge is 2.34. The summed E-state index contributed by atoms with van der Waals surface area (Å²) in [5.74, 6) is -0.237. The number of aromatic nitrogens is 2. The number of rotatable bonds is 1. The lowest BCUT2D eigenvalue weighted by Crippen LogP contribution is -2.51. The summed E-state index contributed by atoms with van der Waals surface area (Å²) >= 11 is 3.43. The molecule has 0 aromatic carbocycles. The second-order valence-electron chi connectivity index (χ2n) is 5.37. The zero-order chi connectivity index (χ0) is 13.0. The van der Waals surface area contributed by atoms with Crippen LogP contribution in [0.1, 0.15) is 12.8 Å². The fourth-order valence-corrected chi connectivity index (χ4v) is 3.69. The Morgan fingerprint density at radius 2 is 2.05 bits per heavy atom. The summed E-state index contributed by atoms with van der Waals surface area (Å²) in [6.45, 7) is 1.74. The molecule has 19 heavy (non-hydrogen) atoms. The number of anilines is 1. The first-order valence-corrected chi connectivity index (χ1v) is 7.33. The molecule has 0 radical (unpaired) electrons. The van der Waals surface area contributed by atoms with Gasteiger partial charge in [0.2, 0.25) is 0 Å². The molecule has 2 aliphatic rings. The van der Waals surface area contributed by atoms with E-state index in [-0.39, 0.29) is 5.82 Å². The maximum absolute atomic E-state index is 14.2. The van der Waals surface area contributed by atoms with Crippen molar-refractivity contribution < 1.29 is 4.39 Å². The minimum Gasteiger partial charge on any atom is -0.364 e. The van der Waals surface area contributed by atoms with E-state index in [2.05, 4.69) is 31.2 Å². The van der Waals surface area contributed by atoms with Crippen LogP contribution in [0.3, 0.4) is 0 Å². The summed E-state index contributed by atoms with van der Waals surface area (Å²) < 4.78 is 16.9. The minimum absolute atomic E-state index is 0.237. The second kappa shape index (κ2) is 4.18. The van der Waals surface area contributed by atoms with Gasteiger partial charge in [0.15, 0.2) is 5.82 Å². The monoisotopic (exact) mass is 324 g/mol. The van der Waals surface area contributed by atoms with E-state index in [0.29, 0.717) is 17.8 Å². The zero-order valence-corrected chi connectivity index (χ0v) is 11.9. The lowest BCUT2D eigenvalue weighted by atomic mass is 10.2. The van der Waals surface area contributed by atoms with Crippen LogP contribution in [0.5, 0.6) is 0 Å². The van der Waals surface area contributed by atoms with Gasteiger partial charge in [0.25, 0.3) is 0 Å². The number of hydrogen-bond acceptors (Lipinski definition) is 3. The number of fused-ring (bicyclic) bond motifs is 3. The highest BCUT2D eigenvalue weighted by molar-refractivity contribution is 9.10. The molecule has 4 heterocycles. The quantitative estimate of drug-likeness (QED) is 0.872. The van der Waals surface area contributed by atoms with Crippen molar-refractivity contribution in [2.45, 2.75) is 24.9 Å². The molecular weight excluding hydrogens is 311 g/mol. The summed E-state index contributed by atoms with van der Waals surface area (Å²) in [5, 5.41) is 7.65. The van der Waals surface area contributed by atoms with Gasteiger partial charge in [-0.1, -0.05) is 0 Å². The number of piperazine rings is 1. The molecule has 2 saturated heterocycles. The van der Waals surface area contributed by atoms with Gasteiger partial charge in [0, 0.05) is 35.8 Å². The highest BCUT2D eigenvalue weighted by Crippen LogP contribution is 2.31. The molecule has 100 valence electrons. The molecule has 1 N–H and O–H groups in total. The van der Waals surface area contributed by atoms with Crippen LogP contribution in [0.2, 0.25) is 0 Å². The fourth-order valence-electron chi connectivity index (χ4n) is 3.28. The van der Waals surface area contributed by atoms with E-state index in [0.717, 1.165) is 23.1 Å². The van der Waals surface area contributed by atoms with E-state index in [4.69, 9.17) is 0 Å². The van der Waals surface area contributed by atoms with Gasteiger partial charge >= 0.3 is 0 Å². The van der Waals surface area contributed by atoms with Gasteiger partial charge < -0.3 is 10.2 Å². The van der Waals surface area contributed by atoms with Gasteiger partial charge in [-0.05, 0) is 34.8 Å². The van der Waals surface area contributed by atoms with E-state index in [1.807, 2.05) is 12.3 Å². The van der Waals surface area contributed by atoms with E-state index in [9.17, 15) is 4.39 Å². The molecule has 2 aromatic heterocycles. The molecule has 2 atom stereocenters. The van der Waals surface area contributed by atoms with Crippen LogP contribution in [0.4, 0.5) is 10.1 Å². The van der Waals surface area contributed by atoms with Gasteiger partial charge in [0.05, 0.1) is 11.7 Å². The Labute approximate surface area is 118 Å². The second-order valence-corrected chi connectivity index (χ2v) is 6.29. The van der Waals surface area contributed by atoms with Crippen molar-refractivity contribution in [2.75, 3.05) is 18.0 Å². The average Bonchev–Trinajstić information content (AvgIpc) is 2.91. The van der Waals surface area contributed by atoms with Gasteiger partial charge in [0.1, 0.15) is 5.69 Å². The third-order valence-corrected chi connectivity index (χ3v) is 4.50. The van der Waals surface area contributed by atoms with Crippen molar-refractivity contribution in [3.63, 3.8) is 0 Å². The molecule has 4 rings (SSSR count). The van der Waals surface area contributed by atoms with Gasteiger partial charge in [-0.2, -0.15) is 5.10 Å². The highest BCUT2D eigenvalue weighted by atomic mass is 79.9. The summed E-state index contributed by atoms with van der Waals surface area (Å²) in [7, 11) is 0. The van der Waals surface area contributed by atoms with Crippen LogP contribution < -0.4 is 10.2 Å². The Bertz CT molecular complexity index is 629. The molecule has 0 spiro atoms. The Morgan fingerprint density at radius 3 is 2.79 bits per heavy atom. The van der Waals surface area contributed by atoms with E-state index in [1.165, 1.54) is 19.0 Å². The summed E-state index contributed by atoms with van der Waals surface area (Å²) in [6.07, 6.45) is 5.54. The molecule has 0 amide bonds. The van der Waals surface area contributed by atoms with E-state index < -0.39 is 0 Å². The molecule has 2 aromatic rings. The predicted molar refractivity (Wildman–Crippen MR) is 75.0 cm³/mol. The van der Waals surface area contributed by atoms with Crippen LogP contribution in [-0.4, -0.2) is 34.8 Å². The van der Waals surface area contributed by atoms with Crippen molar-refractivity contribution in [1.82, 2.24) is 14.9 Å². The third kappa shape index (κ3) is 1.85. The molecule has 4 nitrogen and oxygen atoms in total.